The van der Waals surface area contributed by atoms with E-state index in [4.69, 9.17) is 0 Å². The number of benzene rings is 2. The molecule has 1 amide bonds. The minimum atomic E-state index is -0.241. The Morgan fingerprint density at radius 2 is 1.64 bits per heavy atom. The van der Waals surface area contributed by atoms with Gasteiger partial charge in [-0.1, -0.05) is 54.6 Å². The first kappa shape index (κ1) is 20.8. The predicted molar refractivity (Wildman–Crippen MR) is 129 cm³/mol. The van der Waals surface area contributed by atoms with Crippen LogP contribution in [0.5, 0.6) is 0 Å². The average Bonchev–Trinajstić information content (AvgIpc) is 2.88. The van der Waals surface area contributed by atoms with E-state index in [2.05, 4.69) is 28.3 Å². The summed E-state index contributed by atoms with van der Waals surface area (Å²) in [5.41, 5.74) is 4.02. The van der Waals surface area contributed by atoms with E-state index in [0.29, 0.717) is 24.9 Å². The number of hydrogen-bond acceptors (Lipinski definition) is 4. The largest absolute Gasteiger partial charge is 0.337 e. The van der Waals surface area contributed by atoms with Crippen molar-refractivity contribution in [3.8, 4) is 0 Å². The van der Waals surface area contributed by atoms with Gasteiger partial charge in [-0.05, 0) is 41.3 Å². The summed E-state index contributed by atoms with van der Waals surface area (Å²) in [6.45, 7) is 1.10. The Labute approximate surface area is 191 Å². The van der Waals surface area contributed by atoms with E-state index in [0.717, 1.165) is 23.1 Å². The normalized spacial score (nSPS) is 13.7. The number of hydrogen-bond donors (Lipinski definition) is 0. The second-order valence-corrected chi connectivity index (χ2v) is 8.17. The van der Waals surface area contributed by atoms with Crippen molar-refractivity contribution in [2.45, 2.75) is 19.4 Å². The molecule has 164 valence electrons. The fourth-order valence-corrected chi connectivity index (χ4v) is 4.28. The monoisotopic (exact) mass is 436 g/mol. The smallest absolute Gasteiger partial charge is 0.275 e. The summed E-state index contributed by atoms with van der Waals surface area (Å²) >= 11 is 0. The van der Waals surface area contributed by atoms with Crippen LogP contribution in [0.4, 0.5) is 0 Å². The van der Waals surface area contributed by atoms with Crippen LogP contribution in [0.1, 0.15) is 23.2 Å². The van der Waals surface area contributed by atoms with Crippen molar-refractivity contribution in [3.05, 3.63) is 112 Å². The van der Waals surface area contributed by atoms with Crippen molar-refractivity contribution in [2.75, 3.05) is 13.1 Å². The third-order valence-corrected chi connectivity index (χ3v) is 6.06. The lowest BCUT2D eigenvalue weighted by atomic mass is 9.99. The number of amides is 1. The van der Waals surface area contributed by atoms with E-state index in [1.165, 1.54) is 15.8 Å². The summed E-state index contributed by atoms with van der Waals surface area (Å²) in [5.74, 6) is -0.0990. The Hall–Kier alpha value is -4.06. The summed E-state index contributed by atoms with van der Waals surface area (Å²) in [4.78, 5) is 32.0. The van der Waals surface area contributed by atoms with Gasteiger partial charge < -0.3 is 4.90 Å². The Balaban J connectivity index is 1.40. The highest BCUT2D eigenvalue weighted by Crippen LogP contribution is 2.22. The van der Waals surface area contributed by atoms with Crippen LogP contribution >= 0.6 is 0 Å². The molecule has 0 spiro atoms. The third kappa shape index (κ3) is 4.46. The molecule has 6 nitrogen and oxygen atoms in total. The molecule has 0 aliphatic carbocycles. The van der Waals surface area contributed by atoms with Gasteiger partial charge in [0.1, 0.15) is 6.54 Å². The minimum absolute atomic E-state index is 0.0679. The molecule has 1 aliphatic rings. The molecular formula is C27H24N4O2. The first-order chi connectivity index (χ1) is 16.2. The van der Waals surface area contributed by atoms with Crippen LogP contribution < -0.4 is 5.56 Å². The summed E-state index contributed by atoms with van der Waals surface area (Å²) in [7, 11) is 0. The summed E-state index contributed by atoms with van der Waals surface area (Å²) < 4.78 is 1.32. The highest BCUT2D eigenvalue weighted by Gasteiger charge is 2.20. The Bertz CT molecular complexity index is 1380. The quantitative estimate of drug-likeness (QED) is 0.478. The van der Waals surface area contributed by atoms with Crippen molar-refractivity contribution in [3.63, 3.8) is 0 Å². The molecule has 4 aromatic rings. The lowest BCUT2D eigenvalue weighted by Crippen LogP contribution is -2.39. The van der Waals surface area contributed by atoms with Crippen molar-refractivity contribution < 1.29 is 4.79 Å². The third-order valence-electron chi connectivity index (χ3n) is 6.06. The summed E-state index contributed by atoms with van der Waals surface area (Å²) in [6, 6.07) is 21.5. The van der Waals surface area contributed by atoms with Gasteiger partial charge in [0.15, 0.2) is 0 Å². The number of carbonyl (C=O) groups is 1. The molecule has 0 saturated carbocycles. The van der Waals surface area contributed by atoms with Crippen molar-refractivity contribution >= 4 is 22.3 Å². The first-order valence-corrected chi connectivity index (χ1v) is 11.1. The van der Waals surface area contributed by atoms with Crippen LogP contribution in [0.15, 0.2) is 90.0 Å². The van der Waals surface area contributed by atoms with Gasteiger partial charge in [-0.15, -0.1) is 0 Å². The molecule has 0 unspecified atom stereocenters. The van der Waals surface area contributed by atoms with E-state index in [1.54, 1.807) is 23.4 Å². The SMILES string of the molecule is O=C(Cn1nc(Cc2ccncc2)c2ccccc2c1=O)N1CC=C(c2ccccc2)CC1. The average molecular weight is 437 g/mol. The van der Waals surface area contributed by atoms with Crippen LogP contribution in [0.3, 0.4) is 0 Å². The van der Waals surface area contributed by atoms with E-state index in [1.807, 2.05) is 48.5 Å². The second kappa shape index (κ2) is 9.20. The zero-order valence-corrected chi connectivity index (χ0v) is 18.2. The Morgan fingerprint density at radius 3 is 2.36 bits per heavy atom. The minimum Gasteiger partial charge on any atom is -0.337 e. The number of nitrogens with zero attached hydrogens (tertiary/aromatic N) is 4. The van der Waals surface area contributed by atoms with Gasteiger partial charge >= 0.3 is 0 Å². The molecule has 6 heteroatoms. The molecule has 0 N–H and O–H groups in total. The van der Waals surface area contributed by atoms with Crippen molar-refractivity contribution in [1.82, 2.24) is 19.7 Å². The van der Waals surface area contributed by atoms with E-state index in [9.17, 15) is 9.59 Å². The van der Waals surface area contributed by atoms with Gasteiger partial charge in [0.25, 0.3) is 5.56 Å². The van der Waals surface area contributed by atoms with Gasteiger partial charge in [-0.2, -0.15) is 5.10 Å². The van der Waals surface area contributed by atoms with Gasteiger partial charge in [0.05, 0.1) is 11.1 Å². The topological polar surface area (TPSA) is 68.1 Å². The summed E-state index contributed by atoms with van der Waals surface area (Å²) in [5, 5.41) is 6.01. The number of fused-ring (bicyclic) bond motifs is 1. The van der Waals surface area contributed by atoms with E-state index < -0.39 is 0 Å². The molecule has 0 atom stereocenters. The lowest BCUT2D eigenvalue weighted by Gasteiger charge is -2.27. The Morgan fingerprint density at radius 1 is 0.909 bits per heavy atom. The first-order valence-electron chi connectivity index (χ1n) is 11.1. The van der Waals surface area contributed by atoms with Crippen molar-refractivity contribution in [2.24, 2.45) is 0 Å². The molecule has 2 aromatic carbocycles. The number of pyridine rings is 1. The van der Waals surface area contributed by atoms with Gasteiger partial charge in [0.2, 0.25) is 5.91 Å². The molecule has 1 aliphatic heterocycles. The Kier molecular flexibility index (Phi) is 5.81. The van der Waals surface area contributed by atoms with Gasteiger partial charge in [-0.25, -0.2) is 4.68 Å². The van der Waals surface area contributed by atoms with E-state index in [-0.39, 0.29) is 18.0 Å². The van der Waals surface area contributed by atoms with Crippen LogP contribution in [-0.4, -0.2) is 38.7 Å². The van der Waals surface area contributed by atoms with Gasteiger partial charge in [0, 0.05) is 37.3 Å². The lowest BCUT2D eigenvalue weighted by molar-refractivity contribution is -0.131. The molecule has 5 rings (SSSR count). The fourth-order valence-electron chi connectivity index (χ4n) is 4.28. The fraction of sp³-hybridized carbons (Fsp3) is 0.185. The molecule has 2 aromatic heterocycles. The van der Waals surface area contributed by atoms with E-state index >= 15 is 0 Å². The van der Waals surface area contributed by atoms with Crippen LogP contribution in [-0.2, 0) is 17.8 Å². The number of carbonyl (C=O) groups excluding carboxylic acids is 1. The molecule has 0 fully saturated rings. The summed E-state index contributed by atoms with van der Waals surface area (Å²) in [6.07, 6.45) is 6.94. The molecule has 33 heavy (non-hydrogen) atoms. The predicted octanol–water partition coefficient (Wildman–Crippen LogP) is 3.70. The molecular weight excluding hydrogens is 412 g/mol. The molecule has 0 bridgehead atoms. The standard InChI is InChI=1S/C27H24N4O2/c32-26(30-16-12-22(13-17-30)21-6-2-1-3-7-21)19-31-27(33)24-9-5-4-8-23(24)25(29-31)18-20-10-14-28-15-11-20/h1-12,14-15H,13,16-19H2. The van der Waals surface area contributed by atoms with Crippen LogP contribution in [0.2, 0.25) is 0 Å². The maximum Gasteiger partial charge on any atom is 0.275 e. The molecule has 0 radical (unpaired) electrons. The number of aromatic nitrogens is 3. The van der Waals surface area contributed by atoms with Gasteiger partial charge in [-0.3, -0.25) is 14.6 Å². The second-order valence-electron chi connectivity index (χ2n) is 8.17. The van der Waals surface area contributed by atoms with Crippen LogP contribution in [0, 0.1) is 0 Å². The van der Waals surface area contributed by atoms with Crippen molar-refractivity contribution in [1.29, 1.82) is 0 Å². The molecule has 0 saturated heterocycles. The zero-order chi connectivity index (χ0) is 22.6. The van der Waals surface area contributed by atoms with Crippen LogP contribution in [0.25, 0.3) is 16.3 Å². The zero-order valence-electron chi connectivity index (χ0n) is 18.2. The maximum absolute atomic E-state index is 13.1. The molecule has 3 heterocycles. The highest BCUT2D eigenvalue weighted by atomic mass is 16.2. The highest BCUT2D eigenvalue weighted by molar-refractivity contribution is 5.84. The maximum atomic E-state index is 13.1. The number of rotatable bonds is 5.